The largest absolute Gasteiger partial charge is 0.490 e. The van der Waals surface area contributed by atoms with Gasteiger partial charge in [0.1, 0.15) is 0 Å². The number of piperidine rings is 1. The van der Waals surface area contributed by atoms with Crippen molar-refractivity contribution in [2.45, 2.75) is 48.1 Å². The number of ether oxygens (including phenoxy) is 1. The maximum atomic E-state index is 12.2. The molecule has 0 unspecified atom stereocenters. The number of aromatic amines is 1. The smallest absolute Gasteiger partial charge is 0.204 e. The second-order valence-corrected chi connectivity index (χ2v) is 11.6. The monoisotopic (exact) mass is 522 g/mol. The molecule has 34 heavy (non-hydrogen) atoms. The lowest BCUT2D eigenvalue weighted by Crippen LogP contribution is -2.31. The van der Waals surface area contributed by atoms with E-state index in [0.29, 0.717) is 38.3 Å². The number of aryl methyl sites for hydroxylation is 1. The summed E-state index contributed by atoms with van der Waals surface area (Å²) in [6.07, 6.45) is 3.35. The van der Waals surface area contributed by atoms with Crippen LogP contribution in [0.15, 0.2) is 39.2 Å². The third-order valence-corrected chi connectivity index (χ3v) is 8.58. The Morgan fingerprint density at radius 2 is 1.97 bits per heavy atom. The van der Waals surface area contributed by atoms with Crippen LogP contribution in [0, 0.1) is 6.92 Å². The molecule has 0 saturated carbocycles. The molecular formula is C22H27ClN6O3S2. The van der Waals surface area contributed by atoms with Gasteiger partial charge in [-0.15, -0.1) is 0 Å². The van der Waals surface area contributed by atoms with Crippen LogP contribution in [-0.2, 0) is 9.84 Å². The second kappa shape index (κ2) is 10.4. The Morgan fingerprint density at radius 3 is 2.59 bits per heavy atom. The highest BCUT2D eigenvalue weighted by atomic mass is 35.5. The topological polar surface area (TPSA) is 113 Å². The fourth-order valence-corrected chi connectivity index (χ4v) is 5.71. The first kappa shape index (κ1) is 24.6. The lowest BCUT2D eigenvalue weighted by atomic mass is 10.1. The van der Waals surface area contributed by atoms with E-state index in [4.69, 9.17) is 21.3 Å². The molecule has 4 rings (SSSR count). The molecule has 3 heterocycles. The highest BCUT2D eigenvalue weighted by Crippen LogP contribution is 2.40. The van der Waals surface area contributed by atoms with Crippen LogP contribution in [0.5, 0.6) is 5.75 Å². The first-order valence-corrected chi connectivity index (χ1v) is 13.9. The predicted octanol–water partition coefficient (Wildman–Crippen LogP) is 4.85. The van der Waals surface area contributed by atoms with Gasteiger partial charge in [-0.05, 0) is 56.1 Å². The highest BCUT2D eigenvalue weighted by molar-refractivity contribution is 7.99. The summed E-state index contributed by atoms with van der Waals surface area (Å²) in [5, 5.41) is 11.2. The Kier molecular flexibility index (Phi) is 7.54. The molecule has 2 N–H and O–H groups in total. The molecule has 0 aliphatic carbocycles. The first-order valence-electron chi connectivity index (χ1n) is 11.0. The second-order valence-electron chi connectivity index (χ2n) is 7.92. The summed E-state index contributed by atoms with van der Waals surface area (Å²) in [4.78, 5) is 12.6. The Labute approximate surface area is 208 Å². The van der Waals surface area contributed by atoms with Gasteiger partial charge in [0.2, 0.25) is 5.75 Å². The summed E-state index contributed by atoms with van der Waals surface area (Å²) in [7, 11) is -1.75. The number of H-pyrrole nitrogens is 1. The average molecular weight is 523 g/mol. The van der Waals surface area contributed by atoms with Gasteiger partial charge in [-0.25, -0.2) is 18.4 Å². The maximum absolute atomic E-state index is 12.2. The van der Waals surface area contributed by atoms with Crippen molar-refractivity contribution in [3.05, 3.63) is 35.0 Å². The Balaban J connectivity index is 1.73. The molecule has 0 spiro atoms. The zero-order chi connectivity index (χ0) is 24.3. The van der Waals surface area contributed by atoms with Crippen molar-refractivity contribution in [3.63, 3.8) is 0 Å². The van der Waals surface area contributed by atoms with Crippen molar-refractivity contribution in [2.24, 2.45) is 0 Å². The van der Waals surface area contributed by atoms with E-state index in [9.17, 15) is 8.42 Å². The van der Waals surface area contributed by atoms with Crippen LogP contribution in [0.1, 0.15) is 31.9 Å². The molecule has 0 radical (unpaired) electrons. The van der Waals surface area contributed by atoms with E-state index in [1.54, 1.807) is 26.2 Å². The number of halogens is 1. The highest BCUT2D eigenvalue weighted by Gasteiger charge is 2.24. The van der Waals surface area contributed by atoms with E-state index in [2.05, 4.69) is 25.4 Å². The summed E-state index contributed by atoms with van der Waals surface area (Å²) in [5.41, 5.74) is 0.912. The molecule has 1 saturated heterocycles. The number of nitrogens with one attached hydrogen (secondary N) is 2. The molecule has 3 aromatic rings. The summed E-state index contributed by atoms with van der Waals surface area (Å²) in [6, 6.07) is 6.60. The fraction of sp³-hybridized carbons (Fsp3) is 0.409. The lowest BCUT2D eigenvalue weighted by Gasteiger charge is -2.29. The Bertz CT molecular complexity index is 1280. The molecule has 9 nitrogen and oxygen atoms in total. The number of aromatic nitrogens is 4. The van der Waals surface area contributed by atoms with Gasteiger partial charge >= 0.3 is 0 Å². The normalized spacial score (nSPS) is 14.3. The van der Waals surface area contributed by atoms with Crippen molar-refractivity contribution in [1.82, 2.24) is 20.2 Å². The summed E-state index contributed by atoms with van der Waals surface area (Å²) < 4.78 is 30.1. The number of benzene rings is 1. The van der Waals surface area contributed by atoms with Crippen LogP contribution in [0.4, 0.5) is 17.5 Å². The molecule has 1 fully saturated rings. The van der Waals surface area contributed by atoms with Gasteiger partial charge in [-0.2, -0.15) is 5.10 Å². The molecule has 0 atom stereocenters. The summed E-state index contributed by atoms with van der Waals surface area (Å²) >= 11 is 7.72. The average Bonchev–Trinajstić information content (AvgIpc) is 3.25. The SMILES string of the molecule is CCS(=O)(=O)c1ccc(Sc2nc(Nc3cc(C)[nH]n3)c(OC)c(N3CCCCC3)n2)c(Cl)c1. The maximum Gasteiger partial charge on any atom is 0.204 e. The van der Waals surface area contributed by atoms with Crippen LogP contribution < -0.4 is 15.0 Å². The van der Waals surface area contributed by atoms with E-state index in [1.165, 1.54) is 24.2 Å². The first-order chi connectivity index (χ1) is 16.3. The van der Waals surface area contributed by atoms with Crippen LogP contribution in [0.25, 0.3) is 0 Å². The van der Waals surface area contributed by atoms with Crippen LogP contribution >= 0.6 is 23.4 Å². The van der Waals surface area contributed by atoms with E-state index in [-0.39, 0.29) is 10.6 Å². The van der Waals surface area contributed by atoms with E-state index >= 15 is 0 Å². The van der Waals surface area contributed by atoms with Gasteiger partial charge in [0.05, 0.1) is 22.8 Å². The lowest BCUT2D eigenvalue weighted by molar-refractivity contribution is 0.409. The molecule has 1 aliphatic rings. The third-order valence-electron chi connectivity index (χ3n) is 5.48. The van der Waals surface area contributed by atoms with Gasteiger partial charge in [0.15, 0.2) is 32.4 Å². The number of hydrogen-bond acceptors (Lipinski definition) is 9. The number of nitrogens with zero attached hydrogens (tertiary/aromatic N) is 4. The van der Waals surface area contributed by atoms with Crippen molar-refractivity contribution < 1.29 is 13.2 Å². The molecule has 2 aromatic heterocycles. The molecule has 0 bridgehead atoms. The van der Waals surface area contributed by atoms with E-state index in [0.717, 1.165) is 31.6 Å². The Hall–Kier alpha value is -2.50. The Morgan fingerprint density at radius 1 is 1.21 bits per heavy atom. The number of methoxy groups -OCH3 is 1. The quantitative estimate of drug-likeness (QED) is 0.401. The minimum Gasteiger partial charge on any atom is -0.490 e. The molecule has 0 amide bonds. The van der Waals surface area contributed by atoms with Crippen molar-refractivity contribution in [3.8, 4) is 5.75 Å². The molecule has 12 heteroatoms. The number of hydrogen-bond donors (Lipinski definition) is 2. The van der Waals surface area contributed by atoms with Crippen molar-refractivity contribution in [1.29, 1.82) is 0 Å². The molecule has 1 aromatic carbocycles. The summed E-state index contributed by atoms with van der Waals surface area (Å²) in [6.45, 7) is 5.28. The fourth-order valence-electron chi connectivity index (χ4n) is 3.68. The van der Waals surface area contributed by atoms with Gasteiger partial charge < -0.3 is 15.0 Å². The number of sulfone groups is 1. The van der Waals surface area contributed by atoms with Crippen LogP contribution in [-0.4, -0.2) is 54.5 Å². The summed E-state index contributed by atoms with van der Waals surface area (Å²) in [5.74, 6) is 2.37. The van der Waals surface area contributed by atoms with Gasteiger partial charge in [-0.3, -0.25) is 5.10 Å². The van der Waals surface area contributed by atoms with Gasteiger partial charge in [0.25, 0.3) is 0 Å². The van der Waals surface area contributed by atoms with Crippen LogP contribution in [0.3, 0.4) is 0 Å². The zero-order valence-corrected chi connectivity index (χ0v) is 21.6. The minimum absolute atomic E-state index is 0.0122. The number of anilines is 3. The molecule has 182 valence electrons. The zero-order valence-electron chi connectivity index (χ0n) is 19.3. The van der Waals surface area contributed by atoms with Crippen molar-refractivity contribution in [2.75, 3.05) is 36.2 Å². The molecular weight excluding hydrogens is 496 g/mol. The third kappa shape index (κ3) is 5.42. The van der Waals surface area contributed by atoms with E-state index < -0.39 is 9.84 Å². The number of rotatable bonds is 8. The van der Waals surface area contributed by atoms with Gasteiger partial charge in [-0.1, -0.05) is 18.5 Å². The van der Waals surface area contributed by atoms with Crippen LogP contribution in [0.2, 0.25) is 5.02 Å². The minimum atomic E-state index is -3.35. The standard InChI is InChI=1S/C22H27ClN6O3S2/c1-4-34(30,31)15-8-9-17(16(23)13-15)33-22-25-20(24-18-12-14(2)27-28-18)19(32-3)21(26-22)29-10-6-5-7-11-29/h8-9,12-13H,4-7,10-11H2,1-3H3,(H2,24,25,26,27,28). The van der Waals surface area contributed by atoms with E-state index in [1.807, 2.05) is 13.0 Å². The van der Waals surface area contributed by atoms with Crippen molar-refractivity contribution >= 4 is 50.7 Å². The molecule has 1 aliphatic heterocycles. The predicted molar refractivity (Wildman–Crippen MR) is 135 cm³/mol. The van der Waals surface area contributed by atoms with Gasteiger partial charge in [0, 0.05) is 29.7 Å².